The number of anilines is 1. The van der Waals surface area contributed by atoms with Crippen molar-refractivity contribution in [1.82, 2.24) is 10.3 Å². The second-order valence-corrected chi connectivity index (χ2v) is 6.40. The highest BCUT2D eigenvalue weighted by Crippen LogP contribution is 2.27. The first kappa shape index (κ1) is 19.6. The molecule has 6 heteroatoms. The topological polar surface area (TPSA) is 72.5 Å². The number of nitrogens with one attached hydrogen (secondary N) is 2. The summed E-state index contributed by atoms with van der Waals surface area (Å²) in [4.78, 5) is 16.3. The Morgan fingerprint density at radius 3 is 2.50 bits per heavy atom. The maximum Gasteiger partial charge on any atom is 0.252 e. The minimum Gasteiger partial charge on any atom is -0.493 e. The van der Waals surface area contributed by atoms with Crippen molar-refractivity contribution in [2.75, 3.05) is 32.6 Å². The number of hydrogen-bond donors (Lipinski definition) is 2. The van der Waals surface area contributed by atoms with Crippen LogP contribution in [0.3, 0.4) is 0 Å². The van der Waals surface area contributed by atoms with Gasteiger partial charge in [0.2, 0.25) is 0 Å². The molecular weight excluding hydrogens is 330 g/mol. The van der Waals surface area contributed by atoms with E-state index in [0.717, 1.165) is 35.8 Å². The number of rotatable bonds is 9. The van der Waals surface area contributed by atoms with Crippen molar-refractivity contribution >= 4 is 11.7 Å². The standard InChI is InChI=1S/C20H27N3O3/c1-14(2)12-23-20(24)16-6-8-19(22-13-16)21-10-9-15-5-7-17(25-3)18(11-15)26-4/h5-8,11,13-14H,9-10,12H2,1-4H3,(H,21,22)(H,23,24). The van der Waals surface area contributed by atoms with E-state index in [9.17, 15) is 4.79 Å². The second kappa shape index (κ2) is 9.65. The normalized spacial score (nSPS) is 10.5. The predicted octanol–water partition coefficient (Wildman–Crippen LogP) is 3.14. The summed E-state index contributed by atoms with van der Waals surface area (Å²) in [6.07, 6.45) is 2.41. The van der Waals surface area contributed by atoms with Crippen LogP contribution in [0.2, 0.25) is 0 Å². The van der Waals surface area contributed by atoms with Crippen LogP contribution in [-0.4, -0.2) is 38.2 Å². The lowest BCUT2D eigenvalue weighted by atomic mass is 10.1. The molecular formula is C20H27N3O3. The van der Waals surface area contributed by atoms with Gasteiger partial charge in [0.25, 0.3) is 5.91 Å². The van der Waals surface area contributed by atoms with E-state index in [1.54, 1.807) is 26.5 Å². The molecule has 2 aromatic rings. The molecule has 0 unspecified atom stereocenters. The maximum absolute atomic E-state index is 12.0. The van der Waals surface area contributed by atoms with Crippen LogP contribution < -0.4 is 20.1 Å². The third-order valence-electron chi connectivity index (χ3n) is 3.86. The molecule has 140 valence electrons. The molecule has 6 nitrogen and oxygen atoms in total. The monoisotopic (exact) mass is 357 g/mol. The van der Waals surface area contributed by atoms with Gasteiger partial charge < -0.3 is 20.1 Å². The molecule has 0 aliphatic rings. The molecule has 0 saturated heterocycles. The molecule has 0 spiro atoms. The summed E-state index contributed by atoms with van der Waals surface area (Å²) < 4.78 is 10.6. The van der Waals surface area contributed by atoms with Crippen molar-refractivity contribution in [1.29, 1.82) is 0 Å². The molecule has 0 saturated carbocycles. The van der Waals surface area contributed by atoms with Crippen LogP contribution in [0.5, 0.6) is 11.5 Å². The highest BCUT2D eigenvalue weighted by Gasteiger charge is 2.07. The van der Waals surface area contributed by atoms with E-state index < -0.39 is 0 Å². The number of carbonyl (C=O) groups is 1. The van der Waals surface area contributed by atoms with Gasteiger partial charge in [-0.05, 0) is 42.2 Å². The van der Waals surface area contributed by atoms with E-state index in [0.29, 0.717) is 18.0 Å². The number of methoxy groups -OCH3 is 2. The number of hydrogen-bond acceptors (Lipinski definition) is 5. The molecule has 1 aromatic heterocycles. The third-order valence-corrected chi connectivity index (χ3v) is 3.86. The van der Waals surface area contributed by atoms with Crippen LogP contribution in [0.15, 0.2) is 36.5 Å². The van der Waals surface area contributed by atoms with Crippen molar-refractivity contribution in [2.24, 2.45) is 5.92 Å². The largest absolute Gasteiger partial charge is 0.493 e. The van der Waals surface area contributed by atoms with Gasteiger partial charge >= 0.3 is 0 Å². The van der Waals surface area contributed by atoms with E-state index in [2.05, 4.69) is 29.5 Å². The zero-order valence-corrected chi connectivity index (χ0v) is 15.8. The summed E-state index contributed by atoms with van der Waals surface area (Å²) in [5.74, 6) is 2.51. The Kier molecular flexibility index (Phi) is 7.26. The second-order valence-electron chi connectivity index (χ2n) is 6.40. The zero-order chi connectivity index (χ0) is 18.9. The number of aromatic nitrogens is 1. The molecule has 0 radical (unpaired) electrons. The summed E-state index contributed by atoms with van der Waals surface area (Å²) in [6, 6.07) is 9.48. The minimum absolute atomic E-state index is 0.0944. The Balaban J connectivity index is 1.85. The molecule has 26 heavy (non-hydrogen) atoms. The van der Waals surface area contributed by atoms with Crippen LogP contribution in [-0.2, 0) is 6.42 Å². The average Bonchev–Trinajstić information content (AvgIpc) is 2.66. The van der Waals surface area contributed by atoms with Gasteiger partial charge in [-0.3, -0.25) is 4.79 Å². The van der Waals surface area contributed by atoms with Crippen LogP contribution in [0.25, 0.3) is 0 Å². The van der Waals surface area contributed by atoms with E-state index >= 15 is 0 Å². The van der Waals surface area contributed by atoms with E-state index in [1.807, 2.05) is 24.3 Å². The number of benzene rings is 1. The summed E-state index contributed by atoms with van der Waals surface area (Å²) >= 11 is 0. The van der Waals surface area contributed by atoms with Crippen LogP contribution in [0, 0.1) is 5.92 Å². The molecule has 0 fully saturated rings. The lowest BCUT2D eigenvalue weighted by molar-refractivity contribution is 0.0948. The average molecular weight is 357 g/mol. The van der Waals surface area contributed by atoms with Gasteiger partial charge in [0.15, 0.2) is 11.5 Å². The predicted molar refractivity (Wildman–Crippen MR) is 103 cm³/mol. The highest BCUT2D eigenvalue weighted by molar-refractivity contribution is 5.94. The lowest BCUT2D eigenvalue weighted by Gasteiger charge is -2.11. The molecule has 1 amide bonds. The first-order valence-corrected chi connectivity index (χ1v) is 8.72. The Morgan fingerprint density at radius 2 is 1.88 bits per heavy atom. The van der Waals surface area contributed by atoms with Gasteiger partial charge in [-0.15, -0.1) is 0 Å². The fourth-order valence-corrected chi connectivity index (χ4v) is 2.40. The quantitative estimate of drug-likeness (QED) is 0.721. The Morgan fingerprint density at radius 1 is 1.12 bits per heavy atom. The number of pyridine rings is 1. The van der Waals surface area contributed by atoms with Gasteiger partial charge in [-0.2, -0.15) is 0 Å². The van der Waals surface area contributed by atoms with Gasteiger partial charge in [-0.1, -0.05) is 19.9 Å². The number of amides is 1. The number of carbonyl (C=O) groups excluding carboxylic acids is 1. The van der Waals surface area contributed by atoms with E-state index in [4.69, 9.17) is 9.47 Å². The fraction of sp³-hybridized carbons (Fsp3) is 0.400. The maximum atomic E-state index is 12.0. The van der Waals surface area contributed by atoms with Crippen LogP contribution >= 0.6 is 0 Å². The lowest BCUT2D eigenvalue weighted by Crippen LogP contribution is -2.27. The molecule has 0 aliphatic heterocycles. The summed E-state index contributed by atoms with van der Waals surface area (Å²) in [7, 11) is 3.25. The van der Waals surface area contributed by atoms with E-state index in [-0.39, 0.29) is 5.91 Å². The van der Waals surface area contributed by atoms with Crippen LogP contribution in [0.1, 0.15) is 29.8 Å². The molecule has 1 heterocycles. The van der Waals surface area contributed by atoms with Crippen molar-refractivity contribution in [3.05, 3.63) is 47.7 Å². The van der Waals surface area contributed by atoms with Crippen molar-refractivity contribution in [2.45, 2.75) is 20.3 Å². The fourth-order valence-electron chi connectivity index (χ4n) is 2.40. The van der Waals surface area contributed by atoms with Crippen molar-refractivity contribution < 1.29 is 14.3 Å². The number of nitrogens with zero attached hydrogens (tertiary/aromatic N) is 1. The SMILES string of the molecule is COc1ccc(CCNc2ccc(C(=O)NCC(C)C)cn2)cc1OC. The Bertz CT molecular complexity index is 715. The van der Waals surface area contributed by atoms with E-state index in [1.165, 1.54) is 0 Å². The molecule has 1 aromatic carbocycles. The van der Waals surface area contributed by atoms with Gasteiger partial charge in [-0.25, -0.2) is 4.98 Å². The van der Waals surface area contributed by atoms with Gasteiger partial charge in [0.1, 0.15) is 5.82 Å². The first-order chi connectivity index (χ1) is 12.5. The molecule has 2 N–H and O–H groups in total. The number of ether oxygens (including phenoxy) is 2. The molecule has 0 atom stereocenters. The van der Waals surface area contributed by atoms with Crippen molar-refractivity contribution in [3.63, 3.8) is 0 Å². The molecule has 0 bridgehead atoms. The zero-order valence-electron chi connectivity index (χ0n) is 15.8. The van der Waals surface area contributed by atoms with Gasteiger partial charge in [0, 0.05) is 19.3 Å². The molecule has 2 rings (SSSR count). The summed E-state index contributed by atoms with van der Waals surface area (Å²) in [5, 5.41) is 6.14. The third kappa shape index (κ3) is 5.65. The first-order valence-electron chi connectivity index (χ1n) is 8.72. The van der Waals surface area contributed by atoms with Crippen molar-refractivity contribution in [3.8, 4) is 11.5 Å². The summed E-state index contributed by atoms with van der Waals surface area (Å²) in [6.45, 7) is 5.50. The Labute approximate surface area is 154 Å². The minimum atomic E-state index is -0.0944. The summed E-state index contributed by atoms with van der Waals surface area (Å²) in [5.41, 5.74) is 1.70. The van der Waals surface area contributed by atoms with Crippen LogP contribution in [0.4, 0.5) is 5.82 Å². The Hall–Kier alpha value is -2.76. The highest BCUT2D eigenvalue weighted by atomic mass is 16.5. The smallest absolute Gasteiger partial charge is 0.252 e. The molecule has 0 aliphatic carbocycles. The van der Waals surface area contributed by atoms with Gasteiger partial charge in [0.05, 0.1) is 19.8 Å².